The van der Waals surface area contributed by atoms with Crippen molar-refractivity contribution in [1.82, 2.24) is 4.98 Å². The summed E-state index contributed by atoms with van der Waals surface area (Å²) in [6, 6.07) is 4.08. The molecule has 2 rings (SSSR count). The molecule has 3 heteroatoms. The molecule has 0 bridgehead atoms. The van der Waals surface area contributed by atoms with Crippen LogP contribution < -0.4 is 0 Å². The van der Waals surface area contributed by atoms with Crippen LogP contribution in [0.15, 0.2) is 22.8 Å². The summed E-state index contributed by atoms with van der Waals surface area (Å²) >= 11 is 9.49. The van der Waals surface area contributed by atoms with Crippen LogP contribution in [0.1, 0.15) is 5.56 Å². The van der Waals surface area contributed by atoms with E-state index in [0.717, 1.165) is 20.4 Å². The van der Waals surface area contributed by atoms with E-state index in [9.17, 15) is 0 Å². The number of aromatic amines is 1. The Labute approximate surface area is 83.9 Å². The SMILES string of the molecule is Cc1ccc2[nH]cc(Cl)c2c1Br. The maximum Gasteiger partial charge on any atom is 0.0670 e. The van der Waals surface area contributed by atoms with Gasteiger partial charge in [-0.25, -0.2) is 0 Å². The van der Waals surface area contributed by atoms with Crippen LogP contribution in [0.4, 0.5) is 0 Å². The van der Waals surface area contributed by atoms with Crippen LogP contribution in [0.5, 0.6) is 0 Å². The fourth-order valence-corrected chi connectivity index (χ4v) is 2.17. The number of aryl methyl sites for hydroxylation is 1. The van der Waals surface area contributed by atoms with E-state index >= 15 is 0 Å². The quantitative estimate of drug-likeness (QED) is 0.724. The number of H-pyrrole nitrogens is 1. The van der Waals surface area contributed by atoms with Gasteiger partial charge in [0, 0.05) is 21.6 Å². The summed E-state index contributed by atoms with van der Waals surface area (Å²) in [4.78, 5) is 3.09. The molecule has 0 aliphatic rings. The first-order valence-corrected chi connectivity index (χ1v) is 4.79. The summed E-state index contributed by atoms with van der Waals surface area (Å²) in [5.74, 6) is 0. The van der Waals surface area contributed by atoms with Gasteiger partial charge in [-0.2, -0.15) is 0 Å². The highest BCUT2D eigenvalue weighted by Gasteiger charge is 2.06. The van der Waals surface area contributed by atoms with E-state index in [-0.39, 0.29) is 0 Å². The molecule has 12 heavy (non-hydrogen) atoms. The molecule has 2 aromatic rings. The Morgan fingerprint density at radius 2 is 2.17 bits per heavy atom. The summed E-state index contributed by atoms with van der Waals surface area (Å²) in [6.45, 7) is 2.05. The summed E-state index contributed by atoms with van der Waals surface area (Å²) in [5.41, 5.74) is 2.27. The Kier molecular flexibility index (Phi) is 1.89. The van der Waals surface area contributed by atoms with Crippen LogP contribution >= 0.6 is 27.5 Å². The normalized spacial score (nSPS) is 10.9. The molecule has 0 radical (unpaired) electrons. The molecule has 0 amide bonds. The van der Waals surface area contributed by atoms with E-state index in [4.69, 9.17) is 11.6 Å². The van der Waals surface area contributed by atoms with Crippen LogP contribution in [0.25, 0.3) is 10.9 Å². The largest absolute Gasteiger partial charge is 0.360 e. The number of hydrogen-bond donors (Lipinski definition) is 1. The van der Waals surface area contributed by atoms with Crippen molar-refractivity contribution in [2.45, 2.75) is 6.92 Å². The Morgan fingerprint density at radius 1 is 1.42 bits per heavy atom. The number of hydrogen-bond acceptors (Lipinski definition) is 0. The average Bonchev–Trinajstić information content (AvgIpc) is 2.41. The number of aromatic nitrogens is 1. The van der Waals surface area contributed by atoms with Gasteiger partial charge in [0.15, 0.2) is 0 Å². The molecule has 1 N–H and O–H groups in total. The molecule has 1 aromatic heterocycles. The van der Waals surface area contributed by atoms with Crippen LogP contribution in [-0.4, -0.2) is 4.98 Å². The lowest BCUT2D eigenvalue weighted by atomic mass is 10.2. The monoisotopic (exact) mass is 243 g/mol. The number of fused-ring (bicyclic) bond motifs is 1. The smallest absolute Gasteiger partial charge is 0.0670 e. The van der Waals surface area contributed by atoms with Gasteiger partial charge in [-0.15, -0.1) is 0 Å². The third kappa shape index (κ3) is 1.06. The van der Waals surface area contributed by atoms with Gasteiger partial charge in [-0.05, 0) is 34.5 Å². The minimum atomic E-state index is 0.764. The molecule has 0 atom stereocenters. The summed E-state index contributed by atoms with van der Waals surface area (Å²) < 4.78 is 1.08. The fraction of sp³-hybridized carbons (Fsp3) is 0.111. The van der Waals surface area contributed by atoms with Gasteiger partial charge in [0.05, 0.1) is 5.02 Å². The van der Waals surface area contributed by atoms with Gasteiger partial charge >= 0.3 is 0 Å². The zero-order valence-corrected chi connectivity index (χ0v) is 8.83. The zero-order chi connectivity index (χ0) is 8.72. The molecule has 62 valence electrons. The topological polar surface area (TPSA) is 15.8 Å². The third-order valence-electron chi connectivity index (χ3n) is 1.93. The van der Waals surface area contributed by atoms with Crippen molar-refractivity contribution < 1.29 is 0 Å². The summed E-state index contributed by atoms with van der Waals surface area (Å²) in [5, 5.41) is 1.83. The Morgan fingerprint density at radius 3 is 2.92 bits per heavy atom. The van der Waals surface area contributed by atoms with Crippen molar-refractivity contribution in [3.8, 4) is 0 Å². The summed E-state index contributed by atoms with van der Waals surface area (Å²) in [7, 11) is 0. The standard InChI is InChI=1S/C9H7BrClN/c1-5-2-3-7-8(9(5)10)6(11)4-12-7/h2-4,12H,1H3. The lowest BCUT2D eigenvalue weighted by molar-refractivity contribution is 1.44. The molecule has 0 saturated heterocycles. The van der Waals surface area contributed by atoms with E-state index in [1.165, 1.54) is 5.56 Å². The third-order valence-corrected chi connectivity index (χ3v) is 3.25. The lowest BCUT2D eigenvalue weighted by Gasteiger charge is -1.99. The van der Waals surface area contributed by atoms with Crippen molar-refractivity contribution in [2.75, 3.05) is 0 Å². The molecular formula is C9H7BrClN. The van der Waals surface area contributed by atoms with Gasteiger partial charge in [-0.3, -0.25) is 0 Å². The van der Waals surface area contributed by atoms with Gasteiger partial charge in [-0.1, -0.05) is 17.7 Å². The van der Waals surface area contributed by atoms with Crippen molar-refractivity contribution in [2.24, 2.45) is 0 Å². The van der Waals surface area contributed by atoms with E-state index in [1.54, 1.807) is 6.20 Å². The second kappa shape index (κ2) is 2.79. The minimum Gasteiger partial charge on any atom is -0.360 e. The first-order chi connectivity index (χ1) is 5.70. The van der Waals surface area contributed by atoms with Crippen LogP contribution in [0, 0.1) is 6.92 Å². The van der Waals surface area contributed by atoms with Gasteiger partial charge < -0.3 is 4.98 Å². The first kappa shape index (κ1) is 8.14. The Balaban J connectivity index is 2.96. The maximum absolute atomic E-state index is 5.99. The van der Waals surface area contributed by atoms with Crippen molar-refractivity contribution >= 4 is 38.4 Å². The Bertz CT molecular complexity index is 433. The van der Waals surface area contributed by atoms with Crippen molar-refractivity contribution in [3.63, 3.8) is 0 Å². The van der Waals surface area contributed by atoms with E-state index in [2.05, 4.69) is 27.0 Å². The maximum atomic E-state index is 5.99. The lowest BCUT2D eigenvalue weighted by Crippen LogP contribution is -1.76. The number of nitrogens with one attached hydrogen (secondary N) is 1. The summed E-state index contributed by atoms with van der Waals surface area (Å²) in [6.07, 6.45) is 1.80. The fourth-order valence-electron chi connectivity index (χ4n) is 1.25. The van der Waals surface area contributed by atoms with E-state index < -0.39 is 0 Å². The molecule has 0 unspecified atom stereocenters. The highest BCUT2D eigenvalue weighted by molar-refractivity contribution is 9.10. The minimum absolute atomic E-state index is 0.764. The highest BCUT2D eigenvalue weighted by Crippen LogP contribution is 2.32. The molecule has 1 heterocycles. The number of halogens is 2. The van der Waals surface area contributed by atoms with Gasteiger partial charge in [0.1, 0.15) is 0 Å². The molecule has 0 fully saturated rings. The number of benzene rings is 1. The van der Waals surface area contributed by atoms with Gasteiger partial charge in [0.25, 0.3) is 0 Å². The molecule has 0 saturated carbocycles. The second-order valence-corrected chi connectivity index (χ2v) is 3.96. The average molecular weight is 245 g/mol. The van der Waals surface area contributed by atoms with E-state index in [0.29, 0.717) is 0 Å². The van der Waals surface area contributed by atoms with Crippen LogP contribution in [0.3, 0.4) is 0 Å². The van der Waals surface area contributed by atoms with Crippen molar-refractivity contribution in [3.05, 3.63) is 33.4 Å². The van der Waals surface area contributed by atoms with Crippen molar-refractivity contribution in [1.29, 1.82) is 0 Å². The van der Waals surface area contributed by atoms with Gasteiger partial charge in [0.2, 0.25) is 0 Å². The van der Waals surface area contributed by atoms with Crippen LogP contribution in [-0.2, 0) is 0 Å². The first-order valence-electron chi connectivity index (χ1n) is 3.62. The molecule has 0 aliphatic carbocycles. The second-order valence-electron chi connectivity index (χ2n) is 2.76. The Hall–Kier alpha value is -0.470. The molecule has 0 aliphatic heterocycles. The highest BCUT2D eigenvalue weighted by atomic mass is 79.9. The predicted molar refractivity (Wildman–Crippen MR) is 55.7 cm³/mol. The molecule has 0 spiro atoms. The molecule has 1 aromatic carbocycles. The predicted octanol–water partition coefficient (Wildman–Crippen LogP) is 3.89. The number of rotatable bonds is 0. The zero-order valence-electron chi connectivity index (χ0n) is 6.49. The van der Waals surface area contributed by atoms with Crippen LogP contribution in [0.2, 0.25) is 5.02 Å². The molecular weight excluding hydrogens is 237 g/mol. The van der Waals surface area contributed by atoms with E-state index in [1.807, 2.05) is 13.0 Å². The molecule has 1 nitrogen and oxygen atoms in total.